The second-order valence-corrected chi connectivity index (χ2v) is 6.07. The molecule has 0 fully saturated rings. The Bertz CT molecular complexity index is 791. The molecule has 0 atom stereocenters. The molecular weight excluding hydrogens is 466 g/mol. The summed E-state index contributed by atoms with van der Waals surface area (Å²) in [7, 11) is 1.70. The maximum Gasteiger partial charge on any atom is 0.191 e. The van der Waals surface area contributed by atoms with Crippen molar-refractivity contribution in [3.8, 4) is 5.75 Å². The van der Waals surface area contributed by atoms with Crippen molar-refractivity contribution in [2.75, 3.05) is 20.4 Å². The van der Waals surface area contributed by atoms with Crippen LogP contribution in [0.5, 0.6) is 5.75 Å². The Kier molecular flexibility index (Phi) is 7.84. The minimum absolute atomic E-state index is 0. The van der Waals surface area contributed by atoms with Crippen LogP contribution in [0.3, 0.4) is 0 Å². The van der Waals surface area contributed by atoms with Gasteiger partial charge >= 0.3 is 0 Å². The summed E-state index contributed by atoms with van der Waals surface area (Å²) in [6.45, 7) is 5.50. The zero-order valence-electron chi connectivity index (χ0n) is 15.6. The van der Waals surface area contributed by atoms with Crippen molar-refractivity contribution in [3.05, 3.63) is 46.1 Å². The fraction of sp³-hybridized carbons (Fsp3) is 0.444. The number of guanidine groups is 1. The molecular formula is C18H24FIN4O3. The summed E-state index contributed by atoms with van der Waals surface area (Å²) >= 11 is 0. The molecule has 0 saturated heterocycles. The third kappa shape index (κ3) is 5.32. The Morgan fingerprint density at radius 3 is 2.81 bits per heavy atom. The first kappa shape index (κ1) is 21.4. The van der Waals surface area contributed by atoms with Gasteiger partial charge < -0.3 is 24.6 Å². The highest BCUT2D eigenvalue weighted by molar-refractivity contribution is 14.0. The van der Waals surface area contributed by atoms with Crippen LogP contribution in [0, 0.1) is 19.7 Å². The molecule has 0 spiro atoms. The first-order valence-electron chi connectivity index (χ1n) is 8.46. The average Bonchev–Trinajstić information content (AvgIpc) is 2.95. The lowest BCUT2D eigenvalue weighted by Gasteiger charge is -2.21. The van der Waals surface area contributed by atoms with Crippen LogP contribution < -0.4 is 15.4 Å². The molecule has 2 heterocycles. The van der Waals surface area contributed by atoms with Gasteiger partial charge in [0.15, 0.2) is 12.8 Å². The van der Waals surface area contributed by atoms with E-state index in [1.165, 1.54) is 12.1 Å². The van der Waals surface area contributed by atoms with Crippen LogP contribution in [-0.2, 0) is 24.3 Å². The molecule has 1 aliphatic rings. The molecule has 0 unspecified atom stereocenters. The van der Waals surface area contributed by atoms with Crippen molar-refractivity contribution in [3.63, 3.8) is 0 Å². The van der Waals surface area contributed by atoms with Crippen molar-refractivity contribution >= 4 is 29.9 Å². The molecule has 7 nitrogen and oxygen atoms in total. The van der Waals surface area contributed by atoms with Gasteiger partial charge in [0.2, 0.25) is 0 Å². The minimum atomic E-state index is -0.284. The van der Waals surface area contributed by atoms with Crippen LogP contribution in [0.2, 0.25) is 0 Å². The van der Waals surface area contributed by atoms with Gasteiger partial charge in [-0.2, -0.15) is 0 Å². The molecule has 3 rings (SSSR count). The van der Waals surface area contributed by atoms with Crippen LogP contribution in [-0.4, -0.2) is 31.5 Å². The Morgan fingerprint density at radius 2 is 2.11 bits per heavy atom. The molecule has 1 aliphatic heterocycles. The molecule has 1 aromatic heterocycles. The Balaban J connectivity index is 0.00000261. The number of hydrogen-bond acceptors (Lipinski definition) is 5. The Labute approximate surface area is 174 Å². The summed E-state index contributed by atoms with van der Waals surface area (Å²) in [5.74, 6) is 1.88. The highest BCUT2D eigenvalue weighted by Crippen LogP contribution is 2.29. The minimum Gasteiger partial charge on any atom is -0.467 e. The summed E-state index contributed by atoms with van der Waals surface area (Å²) in [4.78, 5) is 4.20. The third-order valence-corrected chi connectivity index (χ3v) is 4.28. The number of halogens is 2. The summed E-state index contributed by atoms with van der Waals surface area (Å²) in [5.41, 5.74) is 3.43. The molecule has 1 aromatic carbocycles. The first-order valence-corrected chi connectivity index (χ1v) is 8.46. The van der Waals surface area contributed by atoms with Crippen LogP contribution in [0.4, 0.5) is 4.39 Å². The predicted molar refractivity (Wildman–Crippen MR) is 110 cm³/mol. The highest BCUT2D eigenvalue weighted by Gasteiger charge is 2.17. The SMILES string of the molecule is CN=C(NCCc1cc(F)cc2c1OCOC2)NCc1c(C)noc1C.I. The molecule has 0 radical (unpaired) electrons. The number of nitrogens with one attached hydrogen (secondary N) is 2. The molecule has 0 amide bonds. The second kappa shape index (κ2) is 9.88. The van der Waals surface area contributed by atoms with Gasteiger partial charge in [0, 0.05) is 31.3 Å². The number of hydrogen-bond donors (Lipinski definition) is 2. The summed E-state index contributed by atoms with van der Waals surface area (Å²) in [5, 5.41) is 10.4. The Morgan fingerprint density at radius 1 is 1.30 bits per heavy atom. The lowest BCUT2D eigenvalue weighted by atomic mass is 10.1. The second-order valence-electron chi connectivity index (χ2n) is 6.07. The summed E-state index contributed by atoms with van der Waals surface area (Å²) < 4.78 is 29.7. The van der Waals surface area contributed by atoms with E-state index in [9.17, 15) is 4.39 Å². The maximum atomic E-state index is 13.8. The van der Waals surface area contributed by atoms with Crippen LogP contribution in [0.15, 0.2) is 21.6 Å². The Hall–Kier alpha value is -1.88. The smallest absolute Gasteiger partial charge is 0.191 e. The van der Waals surface area contributed by atoms with Crippen molar-refractivity contribution in [1.29, 1.82) is 0 Å². The van der Waals surface area contributed by atoms with Crippen molar-refractivity contribution < 1.29 is 18.4 Å². The van der Waals surface area contributed by atoms with Crippen molar-refractivity contribution in [2.45, 2.75) is 33.4 Å². The standard InChI is InChI=1S/C18H23FN4O3.HI/c1-11-16(12(2)26-23-11)8-22-18(20-3)21-5-4-13-6-15(19)7-14-9-24-10-25-17(13)14;/h6-7H,4-5,8-10H2,1-3H3,(H2,20,21,22);1H. The molecule has 0 aliphatic carbocycles. The van der Waals surface area contributed by atoms with Gasteiger partial charge in [0.1, 0.15) is 17.3 Å². The number of nitrogens with zero attached hydrogens (tertiary/aromatic N) is 2. The zero-order chi connectivity index (χ0) is 18.5. The number of ether oxygens (including phenoxy) is 2. The topological polar surface area (TPSA) is 80.9 Å². The van der Waals surface area contributed by atoms with E-state index in [-0.39, 0.29) is 36.6 Å². The fourth-order valence-electron chi connectivity index (χ4n) is 2.90. The molecule has 2 N–H and O–H groups in total. The van der Waals surface area contributed by atoms with Gasteiger partial charge in [-0.3, -0.25) is 4.99 Å². The van der Waals surface area contributed by atoms with E-state index >= 15 is 0 Å². The molecule has 148 valence electrons. The van der Waals surface area contributed by atoms with E-state index in [2.05, 4.69) is 20.8 Å². The normalized spacial score (nSPS) is 13.4. The lowest BCUT2D eigenvalue weighted by Crippen LogP contribution is -2.38. The van der Waals surface area contributed by atoms with Gasteiger partial charge in [-0.15, -0.1) is 24.0 Å². The molecule has 27 heavy (non-hydrogen) atoms. The summed E-state index contributed by atoms with van der Waals surface area (Å²) in [6.07, 6.45) is 0.603. The van der Waals surface area contributed by atoms with E-state index in [0.29, 0.717) is 32.1 Å². The quantitative estimate of drug-likeness (QED) is 0.381. The molecule has 0 saturated carbocycles. The molecule has 2 aromatic rings. The highest BCUT2D eigenvalue weighted by atomic mass is 127. The number of benzene rings is 1. The van der Waals surface area contributed by atoms with Crippen LogP contribution in [0.1, 0.15) is 28.1 Å². The van der Waals surface area contributed by atoms with E-state index in [0.717, 1.165) is 33.9 Å². The number of aromatic nitrogens is 1. The molecule has 9 heteroatoms. The number of aliphatic imine (C=N–C) groups is 1. The molecule has 0 bridgehead atoms. The largest absolute Gasteiger partial charge is 0.467 e. The van der Waals surface area contributed by atoms with Crippen molar-refractivity contribution in [1.82, 2.24) is 15.8 Å². The zero-order valence-corrected chi connectivity index (χ0v) is 17.9. The lowest BCUT2D eigenvalue weighted by molar-refractivity contribution is -0.0172. The van der Waals surface area contributed by atoms with E-state index in [1.54, 1.807) is 7.05 Å². The van der Waals surface area contributed by atoms with E-state index in [1.807, 2.05) is 13.8 Å². The average molecular weight is 490 g/mol. The monoisotopic (exact) mass is 490 g/mol. The predicted octanol–water partition coefficient (Wildman–Crippen LogP) is 2.82. The van der Waals surface area contributed by atoms with Gasteiger partial charge in [0.05, 0.1) is 12.3 Å². The fourth-order valence-corrected chi connectivity index (χ4v) is 2.90. The third-order valence-electron chi connectivity index (χ3n) is 4.28. The maximum absolute atomic E-state index is 13.8. The number of fused-ring (bicyclic) bond motifs is 1. The van der Waals surface area contributed by atoms with E-state index in [4.69, 9.17) is 14.0 Å². The first-order chi connectivity index (χ1) is 12.6. The van der Waals surface area contributed by atoms with Gasteiger partial charge in [-0.25, -0.2) is 4.39 Å². The van der Waals surface area contributed by atoms with Crippen molar-refractivity contribution in [2.24, 2.45) is 4.99 Å². The van der Waals surface area contributed by atoms with Gasteiger partial charge in [0.25, 0.3) is 0 Å². The van der Waals surface area contributed by atoms with Gasteiger partial charge in [-0.05, 0) is 38.0 Å². The van der Waals surface area contributed by atoms with Crippen LogP contribution in [0.25, 0.3) is 0 Å². The summed E-state index contributed by atoms with van der Waals surface area (Å²) in [6, 6.07) is 2.96. The van der Waals surface area contributed by atoms with E-state index < -0.39 is 0 Å². The van der Waals surface area contributed by atoms with Gasteiger partial charge in [-0.1, -0.05) is 5.16 Å². The van der Waals surface area contributed by atoms with Crippen LogP contribution >= 0.6 is 24.0 Å². The number of rotatable bonds is 5. The number of aryl methyl sites for hydroxylation is 2.